The first-order valence-electron chi connectivity index (χ1n) is 12.1. The number of fused-ring (bicyclic) bond motifs is 5. The maximum absolute atomic E-state index is 5.25. The molecule has 6 rings (SSSR count). The number of hydrogen-bond acceptors (Lipinski definition) is 2. The Morgan fingerprint density at radius 2 is 1.19 bits per heavy atom. The van der Waals surface area contributed by atoms with Crippen LogP contribution in [0.2, 0.25) is 0 Å². The molecule has 160 valence electrons. The average Bonchev–Trinajstić information content (AvgIpc) is 2.91. The van der Waals surface area contributed by atoms with E-state index in [1.807, 2.05) is 0 Å². The molecular weight excluding hydrogens is 388 g/mol. The fraction of sp³-hybridized carbons (Fsp3) is 0.333. The minimum Gasteiger partial charge on any atom is -0.244 e. The van der Waals surface area contributed by atoms with Crippen molar-refractivity contribution in [3.8, 4) is 22.5 Å². The van der Waals surface area contributed by atoms with Gasteiger partial charge in [0.2, 0.25) is 0 Å². The van der Waals surface area contributed by atoms with Crippen LogP contribution < -0.4 is 0 Å². The van der Waals surface area contributed by atoms with E-state index in [1.165, 1.54) is 31.2 Å². The molecule has 2 aliphatic rings. The topological polar surface area (TPSA) is 25.8 Å². The molecule has 1 aromatic heterocycles. The van der Waals surface area contributed by atoms with E-state index in [4.69, 9.17) is 9.97 Å². The highest BCUT2D eigenvalue weighted by molar-refractivity contribution is 5.87. The van der Waals surface area contributed by atoms with Gasteiger partial charge in [0, 0.05) is 11.1 Å². The lowest BCUT2D eigenvalue weighted by atomic mass is 9.74. The first kappa shape index (κ1) is 19.7. The summed E-state index contributed by atoms with van der Waals surface area (Å²) in [6.45, 7) is 4.86. The van der Waals surface area contributed by atoms with E-state index in [9.17, 15) is 0 Å². The zero-order valence-electron chi connectivity index (χ0n) is 19.0. The van der Waals surface area contributed by atoms with Crippen molar-refractivity contribution < 1.29 is 0 Å². The summed E-state index contributed by atoms with van der Waals surface area (Å²) < 4.78 is 0. The average molecular weight is 419 g/mol. The predicted octanol–water partition coefficient (Wildman–Crippen LogP) is 7.99. The molecule has 4 unspecified atom stereocenters. The van der Waals surface area contributed by atoms with Gasteiger partial charge in [-0.05, 0) is 72.6 Å². The summed E-state index contributed by atoms with van der Waals surface area (Å²) in [5.41, 5.74) is 9.30. The van der Waals surface area contributed by atoms with Crippen LogP contribution in [-0.2, 0) is 0 Å². The second-order valence-corrected chi connectivity index (χ2v) is 10.1. The van der Waals surface area contributed by atoms with Gasteiger partial charge in [-0.2, -0.15) is 0 Å². The summed E-state index contributed by atoms with van der Waals surface area (Å²) in [7, 11) is 0. The van der Waals surface area contributed by atoms with Gasteiger partial charge in [0.15, 0.2) is 0 Å². The minimum atomic E-state index is 0.588. The Hall–Kier alpha value is -3.00. The van der Waals surface area contributed by atoms with Crippen molar-refractivity contribution in [1.82, 2.24) is 9.97 Å². The number of benzene rings is 3. The van der Waals surface area contributed by atoms with Crippen molar-refractivity contribution in [2.75, 3.05) is 0 Å². The van der Waals surface area contributed by atoms with Gasteiger partial charge in [-0.1, -0.05) is 74.5 Å². The first-order valence-corrected chi connectivity index (χ1v) is 12.1. The lowest BCUT2D eigenvalue weighted by molar-refractivity contribution is 0.244. The lowest BCUT2D eigenvalue weighted by Gasteiger charge is -2.32. The molecule has 3 aromatic carbocycles. The summed E-state index contributed by atoms with van der Waals surface area (Å²) >= 11 is 0. The van der Waals surface area contributed by atoms with Crippen molar-refractivity contribution >= 4 is 11.0 Å². The van der Waals surface area contributed by atoms with Crippen LogP contribution in [0.4, 0.5) is 0 Å². The Kier molecular flexibility index (Phi) is 4.82. The van der Waals surface area contributed by atoms with Crippen molar-refractivity contribution in [1.29, 1.82) is 0 Å². The van der Waals surface area contributed by atoms with Gasteiger partial charge >= 0.3 is 0 Å². The van der Waals surface area contributed by atoms with E-state index in [2.05, 4.69) is 86.6 Å². The summed E-state index contributed by atoms with van der Waals surface area (Å²) in [6, 6.07) is 25.8. The van der Waals surface area contributed by atoms with E-state index in [0.29, 0.717) is 11.8 Å². The molecule has 1 heterocycles. The highest BCUT2D eigenvalue weighted by atomic mass is 14.8. The third kappa shape index (κ3) is 3.43. The number of nitrogens with zero attached hydrogens (tertiary/aromatic N) is 2. The quantitative estimate of drug-likeness (QED) is 0.330. The SMILES string of the molecule is CC1CC2CC(C)c3cc4nc(-c5ccccc5)c(-c5ccccc5)nc4cc3C(C1)C2. The molecule has 0 amide bonds. The van der Waals surface area contributed by atoms with Crippen molar-refractivity contribution in [3.63, 3.8) is 0 Å². The molecule has 1 fully saturated rings. The van der Waals surface area contributed by atoms with Gasteiger partial charge in [-0.15, -0.1) is 0 Å². The summed E-state index contributed by atoms with van der Waals surface area (Å²) in [5.74, 6) is 2.93. The molecular formula is C30H30N2. The van der Waals surface area contributed by atoms with Crippen LogP contribution in [0.1, 0.15) is 62.5 Å². The van der Waals surface area contributed by atoms with Crippen LogP contribution in [0.3, 0.4) is 0 Å². The molecule has 2 heteroatoms. The summed E-state index contributed by atoms with van der Waals surface area (Å²) in [4.78, 5) is 10.5. The molecule has 2 aliphatic carbocycles. The monoisotopic (exact) mass is 418 g/mol. The van der Waals surface area contributed by atoms with Crippen LogP contribution in [0.25, 0.3) is 33.5 Å². The molecule has 4 atom stereocenters. The van der Waals surface area contributed by atoms with Gasteiger partial charge in [-0.25, -0.2) is 9.97 Å². The molecule has 0 N–H and O–H groups in total. The highest BCUT2D eigenvalue weighted by Gasteiger charge is 2.34. The Balaban J connectivity index is 1.59. The largest absolute Gasteiger partial charge is 0.244 e. The van der Waals surface area contributed by atoms with Gasteiger partial charge < -0.3 is 0 Å². The van der Waals surface area contributed by atoms with E-state index >= 15 is 0 Å². The van der Waals surface area contributed by atoms with E-state index in [-0.39, 0.29) is 0 Å². The molecule has 2 bridgehead atoms. The van der Waals surface area contributed by atoms with Crippen molar-refractivity contribution in [2.24, 2.45) is 11.8 Å². The van der Waals surface area contributed by atoms with Gasteiger partial charge in [0.25, 0.3) is 0 Å². The lowest BCUT2D eigenvalue weighted by Crippen LogP contribution is -2.18. The molecule has 4 aromatic rings. The molecule has 0 spiro atoms. The maximum atomic E-state index is 5.25. The van der Waals surface area contributed by atoms with Crippen LogP contribution in [0, 0.1) is 11.8 Å². The minimum absolute atomic E-state index is 0.588. The Morgan fingerprint density at radius 1 is 0.625 bits per heavy atom. The third-order valence-electron chi connectivity index (χ3n) is 7.66. The zero-order chi connectivity index (χ0) is 21.7. The van der Waals surface area contributed by atoms with Crippen molar-refractivity contribution in [3.05, 3.63) is 83.9 Å². The van der Waals surface area contributed by atoms with Crippen molar-refractivity contribution in [2.45, 2.75) is 51.4 Å². The normalized spacial score (nSPS) is 24.7. The van der Waals surface area contributed by atoms with Gasteiger partial charge in [-0.3, -0.25) is 0 Å². The molecule has 2 nitrogen and oxygen atoms in total. The van der Waals surface area contributed by atoms with Crippen LogP contribution in [0.15, 0.2) is 72.8 Å². The second-order valence-electron chi connectivity index (χ2n) is 10.1. The number of hydrogen-bond donors (Lipinski definition) is 0. The summed E-state index contributed by atoms with van der Waals surface area (Å²) in [6.07, 6.45) is 5.35. The van der Waals surface area contributed by atoms with Gasteiger partial charge in [0.1, 0.15) is 0 Å². The molecule has 1 saturated carbocycles. The number of aromatic nitrogens is 2. The molecule has 32 heavy (non-hydrogen) atoms. The molecule has 0 aliphatic heterocycles. The molecule has 0 saturated heterocycles. The Morgan fingerprint density at radius 3 is 1.78 bits per heavy atom. The summed E-state index contributed by atoms with van der Waals surface area (Å²) in [5, 5.41) is 0. The highest BCUT2D eigenvalue weighted by Crippen LogP contribution is 2.49. The van der Waals surface area contributed by atoms with E-state index in [0.717, 1.165) is 45.4 Å². The van der Waals surface area contributed by atoms with Gasteiger partial charge in [0.05, 0.1) is 22.4 Å². The fourth-order valence-corrected chi connectivity index (χ4v) is 6.33. The van der Waals surface area contributed by atoms with Crippen LogP contribution in [-0.4, -0.2) is 9.97 Å². The van der Waals surface area contributed by atoms with Crippen LogP contribution >= 0.6 is 0 Å². The first-order chi connectivity index (χ1) is 15.7. The second kappa shape index (κ2) is 7.85. The maximum Gasteiger partial charge on any atom is 0.0973 e. The van der Waals surface area contributed by atoms with Crippen LogP contribution in [0.5, 0.6) is 0 Å². The predicted molar refractivity (Wildman–Crippen MR) is 133 cm³/mol. The zero-order valence-corrected chi connectivity index (χ0v) is 19.0. The smallest absolute Gasteiger partial charge is 0.0973 e. The fourth-order valence-electron chi connectivity index (χ4n) is 6.33. The third-order valence-corrected chi connectivity index (χ3v) is 7.66. The number of rotatable bonds is 2. The van der Waals surface area contributed by atoms with E-state index < -0.39 is 0 Å². The molecule has 0 radical (unpaired) electrons. The Bertz CT molecular complexity index is 1260. The standard InChI is InChI=1S/C30H30N2/c1-19-13-21-15-20(2)25-17-27-28(18-26(25)24(14-19)16-21)32-30(23-11-7-4-8-12-23)29(31-27)22-9-5-3-6-10-22/h3-12,17-21,24H,13-16H2,1-2H3. The Labute approximate surface area is 190 Å². The van der Waals surface area contributed by atoms with E-state index in [1.54, 1.807) is 5.56 Å².